The number of hydrogen-bond acceptors (Lipinski definition) is 5. The van der Waals surface area contributed by atoms with Crippen LogP contribution >= 0.6 is 0 Å². The number of rotatable bonds is 9. The molecular formula is C23H25N3O3. The number of aromatic nitrogens is 1. The second kappa shape index (κ2) is 10.1. The summed E-state index contributed by atoms with van der Waals surface area (Å²) in [6.45, 7) is 1.15. The van der Waals surface area contributed by atoms with Gasteiger partial charge < -0.3 is 20.1 Å². The monoisotopic (exact) mass is 391 g/mol. The Labute approximate surface area is 170 Å². The molecule has 0 aliphatic rings. The van der Waals surface area contributed by atoms with Crippen molar-refractivity contribution in [3.05, 3.63) is 83.7 Å². The van der Waals surface area contributed by atoms with Crippen molar-refractivity contribution in [3.8, 4) is 11.5 Å². The molecular weight excluding hydrogens is 366 g/mol. The van der Waals surface area contributed by atoms with Gasteiger partial charge in [0.15, 0.2) is 0 Å². The zero-order valence-electron chi connectivity index (χ0n) is 16.6. The first-order chi connectivity index (χ1) is 14.2. The molecule has 0 bridgehead atoms. The third-order valence-electron chi connectivity index (χ3n) is 4.52. The van der Waals surface area contributed by atoms with Crippen LogP contribution in [0.5, 0.6) is 11.5 Å². The molecule has 2 N–H and O–H groups in total. The van der Waals surface area contributed by atoms with Crippen molar-refractivity contribution in [1.29, 1.82) is 0 Å². The molecule has 1 amide bonds. The maximum absolute atomic E-state index is 12.4. The van der Waals surface area contributed by atoms with Crippen molar-refractivity contribution in [3.63, 3.8) is 0 Å². The molecule has 3 rings (SSSR count). The standard InChI is InChI=1S/C23H25N3O3/c1-28-20-9-7-17(8-10-20)16-26-19-12-14-24-21(15-19)23(27)25-13-11-18-5-3-4-6-22(18)29-2/h3-10,12,14-15H,11,13,16H2,1-2H3,(H,24,26)(H,25,27). The highest BCUT2D eigenvalue weighted by Gasteiger charge is 2.09. The number of ether oxygens (including phenoxy) is 2. The Bertz CT molecular complexity index is 942. The fourth-order valence-electron chi connectivity index (χ4n) is 2.92. The summed E-state index contributed by atoms with van der Waals surface area (Å²) in [5, 5.41) is 6.23. The number of nitrogens with one attached hydrogen (secondary N) is 2. The molecule has 1 aromatic heterocycles. The van der Waals surface area contributed by atoms with Gasteiger partial charge >= 0.3 is 0 Å². The summed E-state index contributed by atoms with van der Waals surface area (Å²) < 4.78 is 10.5. The molecule has 150 valence electrons. The quantitative estimate of drug-likeness (QED) is 0.582. The number of pyridine rings is 1. The molecule has 0 atom stereocenters. The third kappa shape index (κ3) is 5.72. The molecule has 1 heterocycles. The van der Waals surface area contributed by atoms with E-state index >= 15 is 0 Å². The number of benzene rings is 2. The summed E-state index contributed by atoms with van der Waals surface area (Å²) in [5.41, 5.74) is 3.39. The minimum absolute atomic E-state index is 0.201. The number of anilines is 1. The van der Waals surface area contributed by atoms with Gasteiger partial charge in [0, 0.05) is 25.0 Å². The second-order valence-electron chi connectivity index (χ2n) is 6.45. The van der Waals surface area contributed by atoms with Crippen molar-refractivity contribution in [2.24, 2.45) is 0 Å². The van der Waals surface area contributed by atoms with E-state index in [1.165, 1.54) is 0 Å². The molecule has 0 radical (unpaired) electrons. The summed E-state index contributed by atoms with van der Waals surface area (Å²) in [6.07, 6.45) is 2.32. The maximum Gasteiger partial charge on any atom is 0.269 e. The highest BCUT2D eigenvalue weighted by atomic mass is 16.5. The molecule has 3 aromatic rings. The Morgan fingerprint density at radius 2 is 1.79 bits per heavy atom. The molecule has 6 heteroatoms. The van der Waals surface area contributed by atoms with E-state index in [1.54, 1.807) is 26.5 Å². The summed E-state index contributed by atoms with van der Waals surface area (Å²) in [5.74, 6) is 1.45. The summed E-state index contributed by atoms with van der Waals surface area (Å²) in [6, 6.07) is 19.2. The van der Waals surface area contributed by atoms with Gasteiger partial charge in [-0.2, -0.15) is 0 Å². The molecule has 29 heavy (non-hydrogen) atoms. The Morgan fingerprint density at radius 3 is 2.55 bits per heavy atom. The first-order valence-corrected chi connectivity index (χ1v) is 9.42. The molecule has 2 aromatic carbocycles. The van der Waals surface area contributed by atoms with E-state index in [9.17, 15) is 4.79 Å². The van der Waals surface area contributed by atoms with Gasteiger partial charge in [0.05, 0.1) is 14.2 Å². The van der Waals surface area contributed by atoms with Gasteiger partial charge in [-0.15, -0.1) is 0 Å². The third-order valence-corrected chi connectivity index (χ3v) is 4.52. The van der Waals surface area contributed by atoms with Gasteiger partial charge in [0.2, 0.25) is 0 Å². The zero-order chi connectivity index (χ0) is 20.5. The van der Waals surface area contributed by atoms with E-state index in [0.29, 0.717) is 25.2 Å². The Morgan fingerprint density at radius 1 is 1.00 bits per heavy atom. The lowest BCUT2D eigenvalue weighted by atomic mass is 10.1. The van der Waals surface area contributed by atoms with E-state index in [1.807, 2.05) is 54.6 Å². The van der Waals surface area contributed by atoms with Gasteiger partial charge in [-0.05, 0) is 47.9 Å². The fraction of sp³-hybridized carbons (Fsp3) is 0.217. The van der Waals surface area contributed by atoms with E-state index in [-0.39, 0.29) is 5.91 Å². The first-order valence-electron chi connectivity index (χ1n) is 9.42. The number of nitrogens with zero attached hydrogens (tertiary/aromatic N) is 1. The zero-order valence-corrected chi connectivity index (χ0v) is 16.6. The Hall–Kier alpha value is -3.54. The Kier molecular flexibility index (Phi) is 7.05. The van der Waals surface area contributed by atoms with Crippen LogP contribution in [0.1, 0.15) is 21.6 Å². The molecule has 0 fully saturated rings. The summed E-state index contributed by atoms with van der Waals surface area (Å²) >= 11 is 0. The van der Waals surface area contributed by atoms with E-state index < -0.39 is 0 Å². The molecule has 0 aliphatic carbocycles. The van der Waals surface area contributed by atoms with Gasteiger partial charge in [0.25, 0.3) is 5.91 Å². The minimum Gasteiger partial charge on any atom is -0.497 e. The van der Waals surface area contributed by atoms with Crippen molar-refractivity contribution in [2.75, 3.05) is 26.1 Å². The number of amides is 1. The van der Waals surface area contributed by atoms with Crippen LogP contribution in [-0.2, 0) is 13.0 Å². The Balaban J connectivity index is 1.53. The number of para-hydroxylation sites is 1. The SMILES string of the molecule is COc1ccc(CNc2ccnc(C(=O)NCCc3ccccc3OC)c2)cc1. The van der Waals surface area contributed by atoms with Gasteiger partial charge in [-0.1, -0.05) is 30.3 Å². The number of carbonyl (C=O) groups excluding carboxylic acids is 1. The lowest BCUT2D eigenvalue weighted by Crippen LogP contribution is -2.26. The molecule has 0 unspecified atom stereocenters. The molecule has 0 aliphatic heterocycles. The van der Waals surface area contributed by atoms with Crippen LogP contribution in [0.3, 0.4) is 0 Å². The van der Waals surface area contributed by atoms with Crippen LogP contribution in [0, 0.1) is 0 Å². The molecule has 6 nitrogen and oxygen atoms in total. The molecule has 0 spiro atoms. The predicted octanol–water partition coefficient (Wildman–Crippen LogP) is 3.68. The topological polar surface area (TPSA) is 72.5 Å². The second-order valence-corrected chi connectivity index (χ2v) is 6.45. The molecule has 0 saturated heterocycles. The average molecular weight is 391 g/mol. The van der Waals surface area contributed by atoms with Crippen molar-refractivity contribution in [1.82, 2.24) is 10.3 Å². The van der Waals surface area contributed by atoms with Crippen LogP contribution in [0.2, 0.25) is 0 Å². The minimum atomic E-state index is -0.201. The highest BCUT2D eigenvalue weighted by Crippen LogP contribution is 2.17. The normalized spacial score (nSPS) is 10.3. The summed E-state index contributed by atoms with van der Waals surface area (Å²) in [7, 11) is 3.29. The first kappa shape index (κ1) is 20.2. The number of methoxy groups -OCH3 is 2. The van der Waals surface area contributed by atoms with Crippen molar-refractivity contribution >= 4 is 11.6 Å². The molecule has 0 saturated carbocycles. The largest absolute Gasteiger partial charge is 0.497 e. The average Bonchev–Trinajstić information content (AvgIpc) is 2.78. The van der Waals surface area contributed by atoms with Crippen LogP contribution in [-0.4, -0.2) is 31.7 Å². The lowest BCUT2D eigenvalue weighted by Gasteiger charge is -2.10. The number of hydrogen-bond donors (Lipinski definition) is 2. The van der Waals surface area contributed by atoms with Crippen LogP contribution in [0.25, 0.3) is 0 Å². The maximum atomic E-state index is 12.4. The highest BCUT2D eigenvalue weighted by molar-refractivity contribution is 5.93. The van der Waals surface area contributed by atoms with Crippen LogP contribution in [0.15, 0.2) is 66.9 Å². The smallest absolute Gasteiger partial charge is 0.269 e. The predicted molar refractivity (Wildman–Crippen MR) is 114 cm³/mol. The van der Waals surface area contributed by atoms with E-state index in [2.05, 4.69) is 15.6 Å². The number of carbonyl (C=O) groups is 1. The van der Waals surface area contributed by atoms with E-state index in [0.717, 1.165) is 28.3 Å². The lowest BCUT2D eigenvalue weighted by molar-refractivity contribution is 0.0949. The van der Waals surface area contributed by atoms with Crippen molar-refractivity contribution in [2.45, 2.75) is 13.0 Å². The van der Waals surface area contributed by atoms with Gasteiger partial charge in [0.1, 0.15) is 17.2 Å². The van der Waals surface area contributed by atoms with Gasteiger partial charge in [-0.25, -0.2) is 0 Å². The summed E-state index contributed by atoms with van der Waals surface area (Å²) in [4.78, 5) is 16.6. The van der Waals surface area contributed by atoms with Crippen LogP contribution in [0.4, 0.5) is 5.69 Å². The van der Waals surface area contributed by atoms with Crippen molar-refractivity contribution < 1.29 is 14.3 Å². The van der Waals surface area contributed by atoms with Gasteiger partial charge in [-0.3, -0.25) is 9.78 Å². The fourth-order valence-corrected chi connectivity index (χ4v) is 2.92. The van der Waals surface area contributed by atoms with Crippen LogP contribution < -0.4 is 20.1 Å². The van der Waals surface area contributed by atoms with E-state index in [4.69, 9.17) is 9.47 Å².